The lowest BCUT2D eigenvalue weighted by Gasteiger charge is -2.78. The van der Waals surface area contributed by atoms with Crippen LogP contribution in [0, 0.1) is 38.4 Å². The zero-order valence-corrected chi connectivity index (χ0v) is 19.1. The summed E-state index contributed by atoms with van der Waals surface area (Å²) < 4.78 is 0.626. The molecule has 4 unspecified atom stereocenters. The van der Waals surface area contributed by atoms with Gasteiger partial charge in [0.2, 0.25) is 0 Å². The normalized spacial score (nSPS) is 70.2. The molecule has 8 rings (SSSR count). The summed E-state index contributed by atoms with van der Waals surface area (Å²) >= 11 is 2.96. The molecule has 0 aromatic rings. The maximum Gasteiger partial charge on any atom is 0.0238 e. The van der Waals surface area contributed by atoms with Gasteiger partial charge in [0.25, 0.3) is 0 Å². The molecule has 0 aliphatic heterocycles. The third-order valence-corrected chi connectivity index (χ3v) is 11.4. The van der Waals surface area contributed by atoms with Crippen LogP contribution in [0.4, 0.5) is 0 Å². The highest BCUT2D eigenvalue weighted by molar-refractivity contribution is 14.1. The van der Waals surface area contributed by atoms with E-state index in [4.69, 9.17) is 0 Å². The van der Waals surface area contributed by atoms with Gasteiger partial charge in [-0.05, 0) is 115 Å². The van der Waals surface area contributed by atoms with Crippen LogP contribution in [0.15, 0.2) is 0 Å². The van der Waals surface area contributed by atoms with Crippen molar-refractivity contribution >= 4 is 22.6 Å². The Morgan fingerprint density at radius 3 is 1.48 bits per heavy atom. The molecule has 0 radical (unpaired) electrons. The van der Waals surface area contributed by atoms with Crippen LogP contribution < -0.4 is 0 Å². The largest absolute Gasteiger partial charge is 0.0788 e. The molecule has 140 valence electrons. The van der Waals surface area contributed by atoms with Crippen LogP contribution in [0.5, 0.6) is 0 Å². The lowest BCUT2D eigenvalue weighted by atomic mass is 9.28. The second-order valence-corrected chi connectivity index (χ2v) is 16.3. The van der Waals surface area contributed by atoms with E-state index in [0.717, 1.165) is 5.92 Å². The Morgan fingerprint density at radius 2 is 1.00 bits per heavy atom. The molecule has 0 saturated heterocycles. The smallest absolute Gasteiger partial charge is 0.0238 e. The molecule has 0 aromatic heterocycles. The topological polar surface area (TPSA) is 0 Å². The molecular formula is C24H37I. The van der Waals surface area contributed by atoms with Crippen molar-refractivity contribution in [2.45, 2.75) is 108 Å². The minimum Gasteiger partial charge on any atom is -0.0788 e. The summed E-state index contributed by atoms with van der Waals surface area (Å²) in [7, 11) is 0. The molecule has 0 amide bonds. The number of rotatable bonds is 1. The molecule has 0 aromatic carbocycles. The van der Waals surface area contributed by atoms with Gasteiger partial charge in [-0.1, -0.05) is 50.3 Å². The Labute approximate surface area is 168 Å². The minimum atomic E-state index is 0.626. The summed E-state index contributed by atoms with van der Waals surface area (Å²) in [4.78, 5) is 0. The predicted molar refractivity (Wildman–Crippen MR) is 113 cm³/mol. The van der Waals surface area contributed by atoms with Crippen molar-refractivity contribution in [3.8, 4) is 0 Å². The summed E-state index contributed by atoms with van der Waals surface area (Å²) in [6.07, 6.45) is 18.8. The van der Waals surface area contributed by atoms with E-state index in [9.17, 15) is 0 Å². The third kappa shape index (κ3) is 2.06. The third-order valence-electron chi connectivity index (χ3n) is 10.3. The van der Waals surface area contributed by atoms with Crippen molar-refractivity contribution in [2.24, 2.45) is 38.4 Å². The van der Waals surface area contributed by atoms with E-state index < -0.39 is 0 Å². The van der Waals surface area contributed by atoms with E-state index in [0.29, 0.717) is 35.9 Å². The van der Waals surface area contributed by atoms with E-state index in [-0.39, 0.29) is 0 Å². The molecule has 0 nitrogen and oxygen atoms in total. The molecule has 4 atom stereocenters. The van der Waals surface area contributed by atoms with Crippen LogP contribution in [0.3, 0.4) is 0 Å². The standard InChI is InChI=1S/C24H37I/c1-18-5-17-6-19(2,8-18)11-22(7-17,10-18)23-12-20(3)9-21(4,13-23)15-24(25,14-20)16-23/h17H,5-16H2,1-4H3. The van der Waals surface area contributed by atoms with Gasteiger partial charge in [-0.2, -0.15) is 0 Å². The minimum absolute atomic E-state index is 0.626. The van der Waals surface area contributed by atoms with E-state index in [1.54, 1.807) is 51.4 Å². The first-order chi connectivity index (χ1) is 11.4. The molecule has 8 aliphatic rings. The lowest BCUT2D eigenvalue weighted by Crippen LogP contribution is -2.69. The average Bonchev–Trinajstić information content (AvgIpc) is 2.26. The maximum atomic E-state index is 2.96. The zero-order valence-electron chi connectivity index (χ0n) is 16.9. The maximum absolute atomic E-state index is 2.96. The van der Waals surface area contributed by atoms with Crippen molar-refractivity contribution in [2.75, 3.05) is 0 Å². The summed E-state index contributed by atoms with van der Waals surface area (Å²) in [6, 6.07) is 0. The second-order valence-electron chi connectivity index (χ2n) is 14.0. The van der Waals surface area contributed by atoms with Gasteiger partial charge in [-0.15, -0.1) is 0 Å². The van der Waals surface area contributed by atoms with Crippen molar-refractivity contribution in [1.29, 1.82) is 0 Å². The summed E-state index contributed by atoms with van der Waals surface area (Å²) in [5.74, 6) is 1.06. The van der Waals surface area contributed by atoms with Crippen LogP contribution in [0.25, 0.3) is 0 Å². The number of hydrogen-bond acceptors (Lipinski definition) is 0. The van der Waals surface area contributed by atoms with Gasteiger partial charge in [-0.25, -0.2) is 0 Å². The molecule has 25 heavy (non-hydrogen) atoms. The molecule has 8 fully saturated rings. The molecule has 8 saturated carbocycles. The van der Waals surface area contributed by atoms with Crippen molar-refractivity contribution in [3.63, 3.8) is 0 Å². The summed E-state index contributed by atoms with van der Waals surface area (Å²) in [5.41, 5.74) is 4.05. The zero-order chi connectivity index (χ0) is 17.6. The van der Waals surface area contributed by atoms with E-state index in [1.807, 2.05) is 0 Å². The quantitative estimate of drug-likeness (QED) is 0.285. The highest BCUT2D eigenvalue weighted by Crippen LogP contribution is 2.83. The van der Waals surface area contributed by atoms with Crippen molar-refractivity contribution in [1.82, 2.24) is 0 Å². The van der Waals surface area contributed by atoms with Gasteiger partial charge in [0, 0.05) is 3.42 Å². The van der Waals surface area contributed by atoms with Crippen LogP contribution in [0.1, 0.15) is 105 Å². The molecule has 8 bridgehead atoms. The van der Waals surface area contributed by atoms with Gasteiger partial charge in [0.1, 0.15) is 0 Å². The first-order valence-electron chi connectivity index (χ1n) is 11.1. The van der Waals surface area contributed by atoms with Crippen LogP contribution >= 0.6 is 22.6 Å². The van der Waals surface area contributed by atoms with Gasteiger partial charge in [0.05, 0.1) is 0 Å². The van der Waals surface area contributed by atoms with Crippen LogP contribution in [-0.4, -0.2) is 3.42 Å². The van der Waals surface area contributed by atoms with E-state index in [1.165, 1.54) is 25.7 Å². The van der Waals surface area contributed by atoms with Gasteiger partial charge < -0.3 is 0 Å². The molecular weight excluding hydrogens is 415 g/mol. The summed E-state index contributed by atoms with van der Waals surface area (Å²) in [5, 5.41) is 0. The van der Waals surface area contributed by atoms with Crippen molar-refractivity contribution < 1.29 is 0 Å². The molecule has 8 aliphatic carbocycles. The second kappa shape index (κ2) is 4.18. The highest BCUT2D eigenvalue weighted by Gasteiger charge is 2.73. The molecule has 0 heterocycles. The Bertz CT molecular complexity index is 589. The molecule has 0 spiro atoms. The fraction of sp³-hybridized carbons (Fsp3) is 1.00. The predicted octanol–water partition coefficient (Wildman–Crippen LogP) is 7.54. The fourth-order valence-corrected chi connectivity index (χ4v) is 14.7. The Hall–Kier alpha value is 0.730. The van der Waals surface area contributed by atoms with E-state index in [2.05, 4.69) is 50.3 Å². The van der Waals surface area contributed by atoms with Crippen LogP contribution in [0.2, 0.25) is 0 Å². The highest BCUT2D eigenvalue weighted by atomic mass is 127. The fourth-order valence-electron chi connectivity index (χ4n) is 12.2. The first kappa shape index (κ1) is 16.7. The monoisotopic (exact) mass is 452 g/mol. The average molecular weight is 452 g/mol. The Balaban J connectivity index is 1.51. The lowest BCUT2D eigenvalue weighted by molar-refractivity contribution is -0.257. The van der Waals surface area contributed by atoms with Gasteiger partial charge in [-0.3, -0.25) is 0 Å². The molecule has 0 N–H and O–H groups in total. The van der Waals surface area contributed by atoms with Crippen molar-refractivity contribution in [3.05, 3.63) is 0 Å². The van der Waals surface area contributed by atoms with Gasteiger partial charge >= 0.3 is 0 Å². The van der Waals surface area contributed by atoms with Gasteiger partial charge in [0.15, 0.2) is 0 Å². The first-order valence-corrected chi connectivity index (χ1v) is 12.2. The Kier molecular flexibility index (Phi) is 2.79. The Morgan fingerprint density at radius 1 is 0.520 bits per heavy atom. The van der Waals surface area contributed by atoms with E-state index >= 15 is 0 Å². The number of hydrogen-bond donors (Lipinski definition) is 0. The molecule has 1 heteroatoms. The van der Waals surface area contributed by atoms with Crippen LogP contribution in [-0.2, 0) is 0 Å². The SMILES string of the molecule is CC12CC3CC(C)(C1)CC(C14CC5(C)CC(C)(CC(I)(C5)C1)C4)(C3)C2. The number of alkyl halides is 1. The summed E-state index contributed by atoms with van der Waals surface area (Å²) in [6.45, 7) is 10.8. The number of halogens is 1.